The SMILES string of the molecule is C[C@@H]1Cc2oc(C(=O)NCc3cncs3)c(C(C)(F)F)c2-c2nn(C[C@H]3COCCO3)cc21. The van der Waals surface area contributed by atoms with Crippen molar-refractivity contribution in [1.29, 1.82) is 0 Å². The predicted octanol–water partition coefficient (Wildman–Crippen LogP) is 3.72. The first-order valence-corrected chi connectivity index (χ1v) is 11.7. The highest BCUT2D eigenvalue weighted by Crippen LogP contribution is 2.48. The molecule has 8 nitrogen and oxygen atoms in total. The van der Waals surface area contributed by atoms with Gasteiger partial charge in [0.15, 0.2) is 0 Å². The quantitative estimate of drug-likeness (QED) is 0.581. The molecule has 0 spiro atoms. The van der Waals surface area contributed by atoms with Crippen LogP contribution in [0, 0.1) is 0 Å². The number of nitrogens with zero attached hydrogens (tertiary/aromatic N) is 3. The van der Waals surface area contributed by atoms with E-state index < -0.39 is 17.4 Å². The number of amides is 1. The van der Waals surface area contributed by atoms with E-state index in [2.05, 4.69) is 15.4 Å². The first-order chi connectivity index (χ1) is 15.8. The number of carbonyl (C=O) groups is 1. The smallest absolute Gasteiger partial charge is 0.287 e. The first kappa shape index (κ1) is 22.2. The van der Waals surface area contributed by atoms with Crippen molar-refractivity contribution in [2.24, 2.45) is 0 Å². The largest absolute Gasteiger partial charge is 0.455 e. The summed E-state index contributed by atoms with van der Waals surface area (Å²) < 4.78 is 48.4. The maximum absolute atomic E-state index is 14.9. The lowest BCUT2D eigenvalue weighted by atomic mass is 9.85. The fraction of sp³-hybridized carbons (Fsp3) is 0.500. The number of nitrogens with one attached hydrogen (secondary N) is 1. The molecule has 4 heterocycles. The van der Waals surface area contributed by atoms with Crippen LogP contribution in [0.5, 0.6) is 0 Å². The van der Waals surface area contributed by atoms with Crippen LogP contribution >= 0.6 is 11.3 Å². The van der Waals surface area contributed by atoms with Crippen LogP contribution < -0.4 is 5.32 Å². The van der Waals surface area contributed by atoms with Crippen LogP contribution in [0.15, 0.2) is 22.3 Å². The molecule has 1 N–H and O–H groups in total. The van der Waals surface area contributed by atoms with Crippen molar-refractivity contribution >= 4 is 17.2 Å². The molecule has 1 amide bonds. The van der Waals surface area contributed by atoms with Crippen molar-refractivity contribution in [3.05, 3.63) is 45.4 Å². The Hall–Kier alpha value is -2.63. The van der Waals surface area contributed by atoms with E-state index in [1.54, 1.807) is 16.4 Å². The third kappa shape index (κ3) is 4.32. The van der Waals surface area contributed by atoms with E-state index in [4.69, 9.17) is 13.9 Å². The molecule has 1 fully saturated rings. The monoisotopic (exact) mass is 478 g/mol. The van der Waals surface area contributed by atoms with Crippen LogP contribution in [0.3, 0.4) is 0 Å². The molecule has 2 aliphatic rings. The van der Waals surface area contributed by atoms with Crippen molar-refractivity contribution < 1.29 is 27.5 Å². The molecule has 0 unspecified atom stereocenters. The van der Waals surface area contributed by atoms with Crippen molar-refractivity contribution in [2.45, 2.75) is 51.3 Å². The van der Waals surface area contributed by atoms with Gasteiger partial charge in [-0.05, 0) is 5.92 Å². The van der Waals surface area contributed by atoms with Gasteiger partial charge in [-0.25, -0.2) is 8.78 Å². The van der Waals surface area contributed by atoms with Crippen molar-refractivity contribution in [3.8, 4) is 11.3 Å². The minimum Gasteiger partial charge on any atom is -0.455 e. The predicted molar refractivity (Wildman–Crippen MR) is 115 cm³/mol. The second-order valence-corrected chi connectivity index (χ2v) is 9.44. The van der Waals surface area contributed by atoms with Crippen molar-refractivity contribution in [1.82, 2.24) is 20.1 Å². The second-order valence-electron chi connectivity index (χ2n) is 8.47. The number of rotatable bonds is 6. The van der Waals surface area contributed by atoms with Gasteiger partial charge in [0.25, 0.3) is 11.8 Å². The highest BCUT2D eigenvalue weighted by atomic mass is 32.1. The molecule has 0 bridgehead atoms. The first-order valence-electron chi connectivity index (χ1n) is 10.8. The average Bonchev–Trinajstić information content (AvgIpc) is 3.50. The number of ether oxygens (including phenoxy) is 2. The number of aromatic nitrogens is 3. The van der Waals surface area contributed by atoms with Gasteiger partial charge in [0.05, 0.1) is 55.2 Å². The Morgan fingerprint density at radius 2 is 2.24 bits per heavy atom. The number of carbonyl (C=O) groups excluding carboxylic acids is 1. The van der Waals surface area contributed by atoms with Gasteiger partial charge in [0.2, 0.25) is 5.76 Å². The molecule has 1 saturated heterocycles. The van der Waals surface area contributed by atoms with Crippen LogP contribution in [0.4, 0.5) is 8.78 Å². The summed E-state index contributed by atoms with van der Waals surface area (Å²) in [4.78, 5) is 17.6. The molecule has 3 aromatic rings. The summed E-state index contributed by atoms with van der Waals surface area (Å²) in [5.41, 5.74) is 2.72. The Kier molecular flexibility index (Phi) is 5.79. The normalized spacial score (nSPS) is 20.4. The van der Waals surface area contributed by atoms with Gasteiger partial charge in [-0.3, -0.25) is 14.5 Å². The van der Waals surface area contributed by atoms with E-state index in [1.165, 1.54) is 11.3 Å². The molecule has 0 aromatic carbocycles. The van der Waals surface area contributed by atoms with Gasteiger partial charge in [-0.1, -0.05) is 6.92 Å². The number of alkyl halides is 2. The summed E-state index contributed by atoms with van der Waals surface area (Å²) in [5, 5.41) is 7.29. The highest BCUT2D eigenvalue weighted by molar-refractivity contribution is 7.09. The Morgan fingerprint density at radius 1 is 1.39 bits per heavy atom. The standard InChI is InChI=1S/C22H24F2N4O4S/c1-12-5-16-17(19-15(12)9-28(27-19)8-13-10-30-3-4-31-13)18(22(2,23)24)20(32-16)21(29)26-7-14-6-25-11-33-14/h6,9,11-13H,3-5,7-8,10H2,1-2H3,(H,26,29)/t12-,13+/m1/s1. The highest BCUT2D eigenvalue weighted by Gasteiger charge is 2.43. The van der Waals surface area contributed by atoms with E-state index in [9.17, 15) is 13.6 Å². The zero-order valence-corrected chi connectivity index (χ0v) is 19.1. The number of hydrogen-bond donors (Lipinski definition) is 1. The molecule has 33 heavy (non-hydrogen) atoms. The van der Waals surface area contributed by atoms with Crippen LogP contribution in [0.25, 0.3) is 11.3 Å². The van der Waals surface area contributed by atoms with Crippen molar-refractivity contribution in [3.63, 3.8) is 0 Å². The summed E-state index contributed by atoms with van der Waals surface area (Å²) in [5.74, 6) is -3.98. The van der Waals surface area contributed by atoms with Crippen LogP contribution in [0.1, 0.15) is 52.1 Å². The Labute approximate surface area is 192 Å². The van der Waals surface area contributed by atoms with E-state index in [-0.39, 0.29) is 29.9 Å². The molecule has 0 saturated carbocycles. The molecule has 1 aliphatic heterocycles. The molecule has 3 aromatic heterocycles. The summed E-state index contributed by atoms with van der Waals surface area (Å²) in [7, 11) is 0. The summed E-state index contributed by atoms with van der Waals surface area (Å²) in [6, 6.07) is 0. The van der Waals surface area contributed by atoms with E-state index in [1.807, 2.05) is 13.1 Å². The molecule has 0 radical (unpaired) electrons. The average molecular weight is 479 g/mol. The van der Waals surface area contributed by atoms with Crippen LogP contribution in [-0.4, -0.2) is 46.6 Å². The van der Waals surface area contributed by atoms with Gasteiger partial charge in [-0.2, -0.15) is 5.10 Å². The molecule has 1 aliphatic carbocycles. The van der Waals surface area contributed by atoms with Gasteiger partial charge >= 0.3 is 0 Å². The number of fused-ring (bicyclic) bond motifs is 3. The second kappa shape index (κ2) is 8.62. The molecular formula is C22H24F2N4O4S. The molecule has 5 rings (SSSR count). The van der Waals surface area contributed by atoms with E-state index >= 15 is 0 Å². The third-order valence-electron chi connectivity index (χ3n) is 5.86. The molecule has 176 valence electrons. The summed E-state index contributed by atoms with van der Waals surface area (Å²) in [6.07, 6.45) is 3.74. The summed E-state index contributed by atoms with van der Waals surface area (Å²) >= 11 is 1.37. The summed E-state index contributed by atoms with van der Waals surface area (Å²) in [6.45, 7) is 4.93. The zero-order chi connectivity index (χ0) is 23.2. The van der Waals surface area contributed by atoms with Gasteiger partial charge in [-0.15, -0.1) is 11.3 Å². The Morgan fingerprint density at radius 3 is 2.94 bits per heavy atom. The third-order valence-corrected chi connectivity index (χ3v) is 6.64. The zero-order valence-electron chi connectivity index (χ0n) is 18.3. The van der Waals surface area contributed by atoms with Crippen LogP contribution in [-0.2, 0) is 34.9 Å². The number of furan rings is 1. The molecule has 2 atom stereocenters. The number of hydrogen-bond acceptors (Lipinski definition) is 7. The Balaban J connectivity index is 1.50. The number of halogens is 2. The van der Waals surface area contributed by atoms with E-state index in [0.29, 0.717) is 44.2 Å². The van der Waals surface area contributed by atoms with Gasteiger partial charge in [0, 0.05) is 36.2 Å². The van der Waals surface area contributed by atoms with Crippen LogP contribution in [0.2, 0.25) is 0 Å². The lowest BCUT2D eigenvalue weighted by molar-refractivity contribution is -0.0946. The Bertz CT molecular complexity index is 1150. The van der Waals surface area contributed by atoms with E-state index in [0.717, 1.165) is 17.4 Å². The molecule has 11 heteroatoms. The maximum atomic E-state index is 14.9. The molecular weight excluding hydrogens is 454 g/mol. The maximum Gasteiger partial charge on any atom is 0.287 e. The van der Waals surface area contributed by atoms with Crippen molar-refractivity contribution in [2.75, 3.05) is 19.8 Å². The lowest BCUT2D eigenvalue weighted by Crippen LogP contribution is -2.32. The fourth-order valence-electron chi connectivity index (χ4n) is 4.35. The van der Waals surface area contributed by atoms with Gasteiger partial charge < -0.3 is 19.2 Å². The number of thiazole rings is 1. The topological polar surface area (TPSA) is 91.4 Å². The minimum absolute atomic E-state index is 0.00218. The lowest BCUT2D eigenvalue weighted by Gasteiger charge is -2.22. The van der Waals surface area contributed by atoms with Gasteiger partial charge in [0.1, 0.15) is 11.9 Å². The minimum atomic E-state index is -3.30. The fourth-order valence-corrected chi connectivity index (χ4v) is 4.89.